The lowest BCUT2D eigenvalue weighted by Crippen LogP contribution is -2.51. The lowest BCUT2D eigenvalue weighted by atomic mass is 10.1. The molecule has 1 heterocycles. The van der Waals surface area contributed by atoms with Crippen molar-refractivity contribution in [3.05, 3.63) is 33.9 Å². The highest BCUT2D eigenvalue weighted by atomic mass is 35.5. The van der Waals surface area contributed by atoms with Gasteiger partial charge in [-0.25, -0.2) is 0 Å². The summed E-state index contributed by atoms with van der Waals surface area (Å²) in [5.41, 5.74) is 0.848. The normalized spacial score (nSPS) is 20.6. The van der Waals surface area contributed by atoms with Crippen molar-refractivity contribution in [2.24, 2.45) is 0 Å². The summed E-state index contributed by atoms with van der Waals surface area (Å²) >= 11 is 0. The molecule has 1 aromatic rings. The molecule has 2 N–H and O–H groups in total. The van der Waals surface area contributed by atoms with Gasteiger partial charge in [-0.15, -0.1) is 12.4 Å². The number of rotatable bonds is 4. The van der Waals surface area contributed by atoms with Crippen molar-refractivity contribution in [2.45, 2.75) is 31.8 Å². The lowest BCUT2D eigenvalue weighted by molar-refractivity contribution is -0.384. The summed E-state index contributed by atoms with van der Waals surface area (Å²) in [6.45, 7) is 4.01. The van der Waals surface area contributed by atoms with E-state index in [1.165, 1.54) is 6.07 Å². The third-order valence-corrected chi connectivity index (χ3v) is 4.03. The van der Waals surface area contributed by atoms with Gasteiger partial charge in [0.25, 0.3) is 11.6 Å². The van der Waals surface area contributed by atoms with Gasteiger partial charge in [-0.2, -0.15) is 0 Å². The highest BCUT2D eigenvalue weighted by Crippen LogP contribution is 2.31. The molecule has 1 saturated carbocycles. The van der Waals surface area contributed by atoms with Gasteiger partial charge < -0.3 is 15.5 Å². The number of nitrogens with one attached hydrogen (secondary N) is 2. The number of amides is 1. The quantitative estimate of drug-likeness (QED) is 0.646. The summed E-state index contributed by atoms with van der Waals surface area (Å²) in [6.07, 6.45) is 2.08. The van der Waals surface area contributed by atoms with Crippen LogP contribution < -0.4 is 10.6 Å². The summed E-state index contributed by atoms with van der Waals surface area (Å²) in [5.74, 6) is -0.144. The molecule has 1 aliphatic carbocycles. The van der Waals surface area contributed by atoms with Crippen LogP contribution in [0.3, 0.4) is 0 Å². The maximum Gasteiger partial charge on any atom is 0.293 e. The minimum atomic E-state index is -0.429. The van der Waals surface area contributed by atoms with Crippen LogP contribution in [0, 0.1) is 10.1 Å². The first-order valence-corrected chi connectivity index (χ1v) is 7.62. The Morgan fingerprint density at radius 3 is 2.78 bits per heavy atom. The zero-order valence-corrected chi connectivity index (χ0v) is 13.8. The predicted molar refractivity (Wildman–Crippen MR) is 90.4 cm³/mol. The number of carbonyl (C=O) groups excluding carboxylic acids is 1. The summed E-state index contributed by atoms with van der Waals surface area (Å²) in [5, 5.41) is 17.7. The molecule has 7 nitrogen and oxygen atoms in total. The number of halogens is 1. The number of piperazine rings is 1. The third kappa shape index (κ3) is 4.11. The van der Waals surface area contributed by atoms with Crippen LogP contribution in [-0.2, 0) is 0 Å². The Morgan fingerprint density at radius 2 is 2.17 bits per heavy atom. The summed E-state index contributed by atoms with van der Waals surface area (Å²) in [4.78, 5) is 25.1. The molecule has 1 aliphatic heterocycles. The highest BCUT2D eigenvalue weighted by molar-refractivity contribution is 5.96. The molecule has 1 amide bonds. The smallest absolute Gasteiger partial charge is 0.293 e. The van der Waals surface area contributed by atoms with Gasteiger partial charge in [0.05, 0.1) is 4.92 Å². The summed E-state index contributed by atoms with van der Waals surface area (Å²) < 4.78 is 0. The summed E-state index contributed by atoms with van der Waals surface area (Å²) in [6, 6.07) is 5.28. The van der Waals surface area contributed by atoms with E-state index in [-0.39, 0.29) is 30.0 Å². The molecule has 2 fully saturated rings. The average molecular weight is 341 g/mol. The Balaban J connectivity index is 0.00000192. The zero-order chi connectivity index (χ0) is 15.7. The van der Waals surface area contributed by atoms with Crippen molar-refractivity contribution in [2.75, 3.05) is 25.0 Å². The van der Waals surface area contributed by atoms with Gasteiger partial charge >= 0.3 is 0 Å². The van der Waals surface area contributed by atoms with Crippen LogP contribution in [0.2, 0.25) is 0 Å². The molecule has 3 rings (SSSR count). The zero-order valence-electron chi connectivity index (χ0n) is 12.9. The molecule has 23 heavy (non-hydrogen) atoms. The van der Waals surface area contributed by atoms with Gasteiger partial charge in [-0.1, -0.05) is 0 Å². The van der Waals surface area contributed by atoms with Crippen LogP contribution in [0.1, 0.15) is 30.1 Å². The van der Waals surface area contributed by atoms with E-state index in [1.807, 2.05) is 6.92 Å². The Kier molecular flexibility index (Phi) is 5.43. The van der Waals surface area contributed by atoms with E-state index in [0.717, 1.165) is 19.4 Å². The first-order valence-electron chi connectivity index (χ1n) is 7.62. The van der Waals surface area contributed by atoms with Crippen molar-refractivity contribution in [3.8, 4) is 0 Å². The topological polar surface area (TPSA) is 87.5 Å². The van der Waals surface area contributed by atoms with E-state index in [2.05, 4.69) is 10.6 Å². The third-order valence-electron chi connectivity index (χ3n) is 4.03. The lowest BCUT2D eigenvalue weighted by Gasteiger charge is -2.32. The Morgan fingerprint density at radius 1 is 1.43 bits per heavy atom. The van der Waals surface area contributed by atoms with E-state index in [1.54, 1.807) is 17.0 Å². The van der Waals surface area contributed by atoms with Gasteiger partial charge in [-0.05, 0) is 31.9 Å². The standard InChI is InChI=1S/C15H20N4O3.ClH/c1-10-9-18(7-6-16-10)15(20)11-2-5-13(17-12-3-4-12)14(8-11)19(21)22;/h2,5,8,10,12,16-17H,3-4,6-7,9H2,1H3;1H. The number of hydrogen-bond acceptors (Lipinski definition) is 5. The number of benzene rings is 1. The van der Waals surface area contributed by atoms with Crippen molar-refractivity contribution in [1.29, 1.82) is 0 Å². The van der Waals surface area contributed by atoms with Gasteiger partial charge in [-0.3, -0.25) is 14.9 Å². The van der Waals surface area contributed by atoms with Gasteiger partial charge in [0.1, 0.15) is 5.69 Å². The van der Waals surface area contributed by atoms with Crippen LogP contribution in [0.5, 0.6) is 0 Å². The minimum absolute atomic E-state index is 0. The van der Waals surface area contributed by atoms with Crippen molar-refractivity contribution in [3.63, 3.8) is 0 Å². The minimum Gasteiger partial charge on any atom is -0.377 e. The fraction of sp³-hybridized carbons (Fsp3) is 0.533. The number of hydrogen-bond donors (Lipinski definition) is 2. The molecule has 1 unspecified atom stereocenters. The van der Waals surface area contributed by atoms with Crippen LogP contribution in [0.25, 0.3) is 0 Å². The molecule has 126 valence electrons. The number of anilines is 1. The van der Waals surface area contributed by atoms with E-state index >= 15 is 0 Å². The number of nitro benzene ring substituents is 1. The molecule has 0 radical (unpaired) electrons. The number of nitrogens with zero attached hydrogens (tertiary/aromatic N) is 2. The molecular weight excluding hydrogens is 320 g/mol. The molecule has 1 atom stereocenters. The van der Waals surface area contributed by atoms with Crippen LogP contribution in [-0.4, -0.2) is 47.4 Å². The fourth-order valence-electron chi connectivity index (χ4n) is 2.68. The molecule has 0 bridgehead atoms. The molecule has 0 aromatic heterocycles. The second kappa shape index (κ2) is 7.14. The molecule has 0 spiro atoms. The largest absolute Gasteiger partial charge is 0.377 e. The molecule has 1 aromatic carbocycles. The SMILES string of the molecule is CC1CN(C(=O)c2ccc(NC3CC3)c([N+](=O)[O-])c2)CCN1.Cl. The molecule has 8 heteroatoms. The maximum absolute atomic E-state index is 12.5. The van der Waals surface area contributed by atoms with Crippen molar-refractivity contribution >= 4 is 29.7 Å². The van der Waals surface area contributed by atoms with Gasteiger partial charge in [0.2, 0.25) is 0 Å². The first-order chi connectivity index (χ1) is 10.5. The van der Waals surface area contributed by atoms with Gasteiger partial charge in [0, 0.05) is 43.3 Å². The highest BCUT2D eigenvalue weighted by Gasteiger charge is 2.27. The van der Waals surface area contributed by atoms with Crippen LogP contribution >= 0.6 is 12.4 Å². The van der Waals surface area contributed by atoms with Gasteiger partial charge in [0.15, 0.2) is 0 Å². The Labute approximate surface area is 141 Å². The second-order valence-corrected chi connectivity index (χ2v) is 6.01. The summed E-state index contributed by atoms with van der Waals surface area (Å²) in [7, 11) is 0. The van der Waals surface area contributed by atoms with E-state index < -0.39 is 4.92 Å². The molecule has 1 saturated heterocycles. The van der Waals surface area contributed by atoms with E-state index in [0.29, 0.717) is 30.4 Å². The van der Waals surface area contributed by atoms with Crippen molar-refractivity contribution in [1.82, 2.24) is 10.2 Å². The Bertz CT molecular complexity index is 606. The van der Waals surface area contributed by atoms with E-state index in [9.17, 15) is 14.9 Å². The second-order valence-electron chi connectivity index (χ2n) is 6.01. The van der Waals surface area contributed by atoms with Crippen molar-refractivity contribution < 1.29 is 9.72 Å². The predicted octanol–water partition coefficient (Wildman–Crippen LogP) is 2.02. The number of carbonyl (C=O) groups is 1. The average Bonchev–Trinajstić information content (AvgIpc) is 3.30. The Hall–Kier alpha value is -1.86. The number of nitro groups is 1. The molecular formula is C15H21ClN4O3. The monoisotopic (exact) mass is 340 g/mol. The van der Waals surface area contributed by atoms with Crippen LogP contribution in [0.15, 0.2) is 18.2 Å². The maximum atomic E-state index is 12.5. The first kappa shape index (κ1) is 17.5. The fourth-order valence-corrected chi connectivity index (χ4v) is 2.68. The molecule has 2 aliphatic rings. The van der Waals surface area contributed by atoms with Crippen LogP contribution in [0.4, 0.5) is 11.4 Å². The van der Waals surface area contributed by atoms with E-state index in [4.69, 9.17) is 0 Å².